The van der Waals surface area contributed by atoms with Crippen molar-refractivity contribution in [3.8, 4) is 0 Å². The third-order valence-corrected chi connectivity index (χ3v) is 2.92. The van der Waals surface area contributed by atoms with Crippen molar-refractivity contribution in [3.05, 3.63) is 35.6 Å². The van der Waals surface area contributed by atoms with Crippen LogP contribution in [0.15, 0.2) is 24.3 Å². The standard InChI is InChI=1S/C14H17FN2O4/c1-2-9(14(20)21)7-16-12(18)8-17-13(19)10-5-3-4-6-11(10)15/h3-6,9H,2,7-8H2,1H3,(H,16,18)(H,17,19)(H,20,21). The summed E-state index contributed by atoms with van der Waals surface area (Å²) in [5.41, 5.74) is -0.151. The third-order valence-electron chi connectivity index (χ3n) is 2.92. The number of nitrogens with one attached hydrogen (secondary N) is 2. The van der Waals surface area contributed by atoms with Gasteiger partial charge in [0.1, 0.15) is 5.82 Å². The van der Waals surface area contributed by atoms with Crippen LogP contribution in [0.2, 0.25) is 0 Å². The Morgan fingerprint density at radius 2 is 1.90 bits per heavy atom. The van der Waals surface area contributed by atoms with Crippen LogP contribution in [-0.4, -0.2) is 36.0 Å². The van der Waals surface area contributed by atoms with Gasteiger partial charge < -0.3 is 15.7 Å². The molecule has 6 nitrogen and oxygen atoms in total. The molecule has 0 aliphatic carbocycles. The molecule has 0 heterocycles. The molecule has 0 radical (unpaired) electrons. The topological polar surface area (TPSA) is 95.5 Å². The number of rotatable bonds is 7. The van der Waals surface area contributed by atoms with Crippen LogP contribution in [0, 0.1) is 11.7 Å². The second kappa shape index (κ2) is 7.98. The van der Waals surface area contributed by atoms with Gasteiger partial charge in [0.2, 0.25) is 5.91 Å². The maximum Gasteiger partial charge on any atom is 0.308 e. The number of carboxylic acid groups (broad SMARTS) is 1. The van der Waals surface area contributed by atoms with Gasteiger partial charge in [-0.05, 0) is 18.6 Å². The van der Waals surface area contributed by atoms with Gasteiger partial charge in [0, 0.05) is 6.54 Å². The first-order valence-corrected chi connectivity index (χ1v) is 6.48. The van der Waals surface area contributed by atoms with Gasteiger partial charge in [-0.15, -0.1) is 0 Å². The van der Waals surface area contributed by atoms with Gasteiger partial charge in [0.05, 0.1) is 18.0 Å². The number of benzene rings is 1. The normalized spacial score (nSPS) is 11.5. The fraction of sp³-hybridized carbons (Fsp3) is 0.357. The molecular weight excluding hydrogens is 279 g/mol. The summed E-state index contributed by atoms with van der Waals surface area (Å²) in [6.45, 7) is 1.34. The molecule has 1 rings (SSSR count). The molecule has 0 saturated carbocycles. The molecule has 0 aliphatic rings. The zero-order valence-electron chi connectivity index (χ0n) is 11.6. The number of hydrogen-bond acceptors (Lipinski definition) is 3. The van der Waals surface area contributed by atoms with Crippen LogP contribution in [-0.2, 0) is 9.59 Å². The Bertz CT molecular complexity index is 533. The molecule has 21 heavy (non-hydrogen) atoms. The molecular formula is C14H17FN2O4. The monoisotopic (exact) mass is 296 g/mol. The van der Waals surface area contributed by atoms with E-state index in [9.17, 15) is 18.8 Å². The smallest absolute Gasteiger partial charge is 0.308 e. The third kappa shape index (κ3) is 5.21. The number of amides is 2. The van der Waals surface area contributed by atoms with E-state index in [0.717, 1.165) is 6.07 Å². The fourth-order valence-electron chi connectivity index (χ4n) is 1.61. The number of carboxylic acids is 1. The first kappa shape index (κ1) is 16.6. The van der Waals surface area contributed by atoms with Crippen LogP contribution in [0.4, 0.5) is 4.39 Å². The summed E-state index contributed by atoms with van der Waals surface area (Å²) >= 11 is 0. The molecule has 1 aromatic rings. The first-order valence-electron chi connectivity index (χ1n) is 6.48. The van der Waals surface area contributed by atoms with Gasteiger partial charge in [-0.2, -0.15) is 0 Å². The van der Waals surface area contributed by atoms with E-state index >= 15 is 0 Å². The summed E-state index contributed by atoms with van der Waals surface area (Å²) in [5, 5.41) is 13.5. The minimum absolute atomic E-state index is 0.0137. The van der Waals surface area contributed by atoms with Crippen molar-refractivity contribution in [2.75, 3.05) is 13.1 Å². The van der Waals surface area contributed by atoms with E-state index in [1.165, 1.54) is 18.2 Å². The molecule has 2 amide bonds. The van der Waals surface area contributed by atoms with Crippen LogP contribution in [0.1, 0.15) is 23.7 Å². The molecule has 3 N–H and O–H groups in total. The Kier molecular flexibility index (Phi) is 6.32. The molecule has 1 unspecified atom stereocenters. The minimum Gasteiger partial charge on any atom is -0.481 e. The molecule has 0 aromatic heterocycles. The Morgan fingerprint density at radius 3 is 2.48 bits per heavy atom. The molecule has 0 bridgehead atoms. The van der Waals surface area contributed by atoms with E-state index in [-0.39, 0.29) is 18.7 Å². The van der Waals surface area contributed by atoms with Crippen LogP contribution in [0.5, 0.6) is 0 Å². The number of aliphatic carboxylic acids is 1. The lowest BCUT2D eigenvalue weighted by molar-refractivity contribution is -0.141. The SMILES string of the molecule is CCC(CNC(=O)CNC(=O)c1ccccc1F)C(=O)O. The lowest BCUT2D eigenvalue weighted by Crippen LogP contribution is -2.40. The summed E-state index contributed by atoms with van der Waals surface area (Å²) in [5.74, 6) is -3.57. The van der Waals surface area contributed by atoms with Gasteiger partial charge in [0.15, 0.2) is 0 Å². The maximum absolute atomic E-state index is 13.3. The van der Waals surface area contributed by atoms with Crippen LogP contribution in [0.25, 0.3) is 0 Å². The summed E-state index contributed by atoms with van der Waals surface area (Å²) in [6, 6.07) is 5.42. The van der Waals surface area contributed by atoms with Crippen molar-refractivity contribution in [1.82, 2.24) is 10.6 Å². The highest BCUT2D eigenvalue weighted by molar-refractivity contribution is 5.96. The lowest BCUT2D eigenvalue weighted by Gasteiger charge is -2.11. The van der Waals surface area contributed by atoms with Gasteiger partial charge in [-0.3, -0.25) is 14.4 Å². The Hall–Kier alpha value is -2.44. The lowest BCUT2D eigenvalue weighted by atomic mass is 10.1. The van der Waals surface area contributed by atoms with Crippen molar-refractivity contribution < 1.29 is 23.9 Å². The average Bonchev–Trinajstić information content (AvgIpc) is 2.45. The quantitative estimate of drug-likeness (QED) is 0.693. The van der Waals surface area contributed by atoms with E-state index in [1.54, 1.807) is 6.92 Å². The van der Waals surface area contributed by atoms with Crippen LogP contribution >= 0.6 is 0 Å². The molecule has 0 saturated heterocycles. The van der Waals surface area contributed by atoms with Gasteiger partial charge >= 0.3 is 5.97 Å². The Labute approximate surface area is 121 Å². The van der Waals surface area contributed by atoms with Crippen molar-refractivity contribution in [1.29, 1.82) is 0 Å². The second-order valence-corrected chi connectivity index (χ2v) is 4.41. The summed E-state index contributed by atoms with van der Waals surface area (Å²) in [7, 11) is 0. The molecule has 114 valence electrons. The number of carbonyl (C=O) groups excluding carboxylic acids is 2. The zero-order chi connectivity index (χ0) is 15.8. The zero-order valence-corrected chi connectivity index (χ0v) is 11.6. The van der Waals surface area contributed by atoms with E-state index in [1.807, 2.05) is 0 Å². The Morgan fingerprint density at radius 1 is 1.24 bits per heavy atom. The average molecular weight is 296 g/mol. The highest BCUT2D eigenvalue weighted by Gasteiger charge is 2.16. The van der Waals surface area contributed by atoms with E-state index in [0.29, 0.717) is 6.42 Å². The largest absolute Gasteiger partial charge is 0.481 e. The highest BCUT2D eigenvalue weighted by Crippen LogP contribution is 2.05. The molecule has 7 heteroatoms. The van der Waals surface area contributed by atoms with Crippen molar-refractivity contribution in [2.24, 2.45) is 5.92 Å². The number of carbonyl (C=O) groups is 3. The number of halogens is 1. The maximum atomic E-state index is 13.3. The summed E-state index contributed by atoms with van der Waals surface area (Å²) in [6.07, 6.45) is 0.386. The molecule has 0 spiro atoms. The molecule has 1 aromatic carbocycles. The highest BCUT2D eigenvalue weighted by atomic mass is 19.1. The van der Waals surface area contributed by atoms with E-state index in [2.05, 4.69) is 10.6 Å². The summed E-state index contributed by atoms with van der Waals surface area (Å²) < 4.78 is 13.3. The fourth-order valence-corrected chi connectivity index (χ4v) is 1.61. The molecule has 1 atom stereocenters. The van der Waals surface area contributed by atoms with Crippen molar-refractivity contribution >= 4 is 17.8 Å². The van der Waals surface area contributed by atoms with Crippen molar-refractivity contribution in [2.45, 2.75) is 13.3 Å². The predicted molar refractivity (Wildman–Crippen MR) is 73.2 cm³/mol. The van der Waals surface area contributed by atoms with Crippen LogP contribution in [0.3, 0.4) is 0 Å². The van der Waals surface area contributed by atoms with Gasteiger partial charge in [-0.25, -0.2) is 4.39 Å². The minimum atomic E-state index is -0.992. The predicted octanol–water partition coefficient (Wildman–Crippen LogP) is 0.782. The van der Waals surface area contributed by atoms with Gasteiger partial charge in [-0.1, -0.05) is 19.1 Å². The first-order chi connectivity index (χ1) is 9.95. The van der Waals surface area contributed by atoms with Crippen LogP contribution < -0.4 is 10.6 Å². The summed E-state index contributed by atoms with van der Waals surface area (Å²) in [4.78, 5) is 33.9. The van der Waals surface area contributed by atoms with E-state index < -0.39 is 29.5 Å². The Balaban J connectivity index is 2.41. The second-order valence-electron chi connectivity index (χ2n) is 4.41. The molecule has 0 aliphatic heterocycles. The molecule has 0 fully saturated rings. The van der Waals surface area contributed by atoms with Crippen molar-refractivity contribution in [3.63, 3.8) is 0 Å². The number of hydrogen-bond donors (Lipinski definition) is 3. The van der Waals surface area contributed by atoms with E-state index in [4.69, 9.17) is 5.11 Å². The van der Waals surface area contributed by atoms with Gasteiger partial charge in [0.25, 0.3) is 5.91 Å².